The quantitative estimate of drug-likeness (QED) is 0.649. The van der Waals surface area contributed by atoms with Crippen molar-refractivity contribution in [1.82, 2.24) is 9.62 Å². The summed E-state index contributed by atoms with van der Waals surface area (Å²) in [6.07, 6.45) is 0. The largest absolute Gasteiger partial charge is 0.355 e. The number of amides is 1. The Bertz CT molecular complexity index is 331. The van der Waals surface area contributed by atoms with Crippen LogP contribution in [-0.2, 0) is 14.8 Å². The van der Waals surface area contributed by atoms with Crippen LogP contribution in [0.15, 0.2) is 0 Å². The van der Waals surface area contributed by atoms with E-state index in [1.165, 1.54) is 4.31 Å². The lowest BCUT2D eigenvalue weighted by molar-refractivity contribution is -0.118. The molecule has 1 atom stereocenters. The fraction of sp³-hybridized carbons (Fsp3) is 0.900. The van der Waals surface area contributed by atoms with Gasteiger partial charge in [-0.15, -0.1) is 12.4 Å². The smallest absolute Gasteiger partial charge is 0.236 e. The third-order valence-corrected chi connectivity index (χ3v) is 4.39. The molecule has 0 fully saturated rings. The topological polar surface area (TPSA) is 92.5 Å². The summed E-state index contributed by atoms with van der Waals surface area (Å²) in [5.74, 6) is -0.821. The number of halogens is 1. The predicted octanol–water partition coefficient (Wildman–Crippen LogP) is -0.209. The van der Waals surface area contributed by atoms with E-state index >= 15 is 0 Å². The second-order valence-electron chi connectivity index (χ2n) is 3.99. The lowest BCUT2D eigenvalue weighted by atomic mass is 10.2. The van der Waals surface area contributed by atoms with Crippen molar-refractivity contribution in [2.24, 2.45) is 11.7 Å². The van der Waals surface area contributed by atoms with Crippen LogP contribution in [0, 0.1) is 5.92 Å². The maximum atomic E-state index is 11.8. The molecule has 0 aliphatic carbocycles. The van der Waals surface area contributed by atoms with Crippen LogP contribution in [0.3, 0.4) is 0 Å². The van der Waals surface area contributed by atoms with E-state index in [0.717, 1.165) is 0 Å². The van der Waals surface area contributed by atoms with E-state index in [1.54, 1.807) is 13.8 Å². The second-order valence-corrected chi connectivity index (χ2v) is 5.95. The van der Waals surface area contributed by atoms with Gasteiger partial charge in [0.05, 0.1) is 0 Å². The summed E-state index contributed by atoms with van der Waals surface area (Å²) >= 11 is 0. The summed E-state index contributed by atoms with van der Waals surface area (Å²) in [4.78, 5) is 11.5. The number of rotatable bonds is 8. The van der Waals surface area contributed by atoms with Gasteiger partial charge < -0.3 is 11.1 Å². The van der Waals surface area contributed by atoms with E-state index in [0.29, 0.717) is 26.2 Å². The molecule has 0 aliphatic heterocycles. The molecule has 0 aromatic heterocycles. The monoisotopic (exact) mass is 301 g/mol. The summed E-state index contributed by atoms with van der Waals surface area (Å²) in [5, 5.41) is 2.57. The van der Waals surface area contributed by atoms with Gasteiger partial charge in [-0.05, 0) is 12.5 Å². The van der Waals surface area contributed by atoms with E-state index in [-0.39, 0.29) is 18.3 Å². The van der Waals surface area contributed by atoms with Crippen molar-refractivity contribution in [1.29, 1.82) is 0 Å². The standard InChI is InChI=1S/C10H23N3O3S.ClH/c1-4-13(5-2)17(15,16)8-10(14)12-7-9(3)6-11;/h9H,4-8,11H2,1-3H3,(H,12,14);1H. The van der Waals surface area contributed by atoms with Gasteiger partial charge >= 0.3 is 0 Å². The number of nitrogens with two attached hydrogens (primary N) is 1. The van der Waals surface area contributed by atoms with Crippen LogP contribution in [-0.4, -0.2) is 50.6 Å². The molecule has 0 spiro atoms. The minimum Gasteiger partial charge on any atom is -0.355 e. The van der Waals surface area contributed by atoms with Crippen molar-refractivity contribution in [3.63, 3.8) is 0 Å². The van der Waals surface area contributed by atoms with E-state index in [2.05, 4.69) is 5.32 Å². The molecule has 0 saturated carbocycles. The van der Waals surface area contributed by atoms with Gasteiger partial charge in [0, 0.05) is 19.6 Å². The zero-order chi connectivity index (χ0) is 13.5. The van der Waals surface area contributed by atoms with E-state index < -0.39 is 21.7 Å². The Labute approximate surface area is 116 Å². The summed E-state index contributed by atoms with van der Waals surface area (Å²) < 4.78 is 24.8. The lowest BCUT2D eigenvalue weighted by Gasteiger charge is -2.18. The minimum atomic E-state index is -3.49. The van der Waals surface area contributed by atoms with Gasteiger partial charge in [-0.3, -0.25) is 4.79 Å². The van der Waals surface area contributed by atoms with Crippen LogP contribution in [0.1, 0.15) is 20.8 Å². The van der Waals surface area contributed by atoms with Crippen molar-refractivity contribution in [2.75, 3.05) is 31.9 Å². The normalized spacial score (nSPS) is 12.9. The fourth-order valence-corrected chi connectivity index (χ4v) is 2.70. The zero-order valence-corrected chi connectivity index (χ0v) is 12.8. The first-order chi connectivity index (χ1) is 7.87. The molecular formula is C10H24ClN3O3S. The molecule has 0 aromatic rings. The fourth-order valence-electron chi connectivity index (χ4n) is 1.30. The van der Waals surface area contributed by atoms with Crippen molar-refractivity contribution in [3.05, 3.63) is 0 Å². The van der Waals surface area contributed by atoms with Crippen LogP contribution in [0.4, 0.5) is 0 Å². The molecule has 3 N–H and O–H groups in total. The van der Waals surface area contributed by atoms with Gasteiger partial charge in [0.25, 0.3) is 0 Å². The van der Waals surface area contributed by atoms with E-state index in [1.807, 2.05) is 6.92 Å². The first kappa shape index (κ1) is 20.0. The average molecular weight is 302 g/mol. The Morgan fingerprint density at radius 1 is 1.33 bits per heavy atom. The third-order valence-electron chi connectivity index (χ3n) is 2.46. The lowest BCUT2D eigenvalue weighted by Crippen LogP contribution is -2.40. The molecule has 18 heavy (non-hydrogen) atoms. The van der Waals surface area contributed by atoms with Crippen LogP contribution >= 0.6 is 12.4 Å². The number of hydrogen-bond donors (Lipinski definition) is 2. The minimum absolute atomic E-state index is 0. The molecule has 0 aliphatic rings. The molecular weight excluding hydrogens is 278 g/mol. The molecule has 1 amide bonds. The molecule has 0 heterocycles. The second kappa shape index (κ2) is 9.55. The number of sulfonamides is 1. The number of carbonyl (C=O) groups excluding carboxylic acids is 1. The van der Waals surface area contributed by atoms with Gasteiger partial charge in [0.1, 0.15) is 5.75 Å². The van der Waals surface area contributed by atoms with Crippen LogP contribution < -0.4 is 11.1 Å². The SMILES string of the molecule is CCN(CC)S(=O)(=O)CC(=O)NCC(C)CN.Cl. The Hall–Kier alpha value is -0.370. The maximum Gasteiger partial charge on any atom is 0.236 e. The average Bonchev–Trinajstić information content (AvgIpc) is 2.26. The van der Waals surface area contributed by atoms with Gasteiger partial charge in [0.2, 0.25) is 15.9 Å². The Balaban J connectivity index is 0. The number of nitrogens with one attached hydrogen (secondary N) is 1. The first-order valence-corrected chi connectivity index (χ1v) is 7.42. The molecule has 0 bridgehead atoms. The molecule has 0 saturated heterocycles. The van der Waals surface area contributed by atoms with Crippen molar-refractivity contribution >= 4 is 28.3 Å². The molecule has 0 radical (unpaired) electrons. The highest BCUT2D eigenvalue weighted by atomic mass is 35.5. The Morgan fingerprint density at radius 3 is 2.22 bits per heavy atom. The van der Waals surface area contributed by atoms with Crippen LogP contribution in [0.5, 0.6) is 0 Å². The van der Waals surface area contributed by atoms with Crippen molar-refractivity contribution in [3.8, 4) is 0 Å². The summed E-state index contributed by atoms with van der Waals surface area (Å²) in [5.41, 5.74) is 5.40. The van der Waals surface area contributed by atoms with Gasteiger partial charge in [-0.1, -0.05) is 20.8 Å². The molecule has 8 heteroatoms. The maximum absolute atomic E-state index is 11.8. The van der Waals surface area contributed by atoms with Gasteiger partial charge in [-0.25, -0.2) is 12.7 Å². The number of nitrogens with zero attached hydrogens (tertiary/aromatic N) is 1. The van der Waals surface area contributed by atoms with Gasteiger partial charge in [-0.2, -0.15) is 0 Å². The molecule has 0 rings (SSSR count). The number of hydrogen-bond acceptors (Lipinski definition) is 4. The molecule has 110 valence electrons. The zero-order valence-electron chi connectivity index (χ0n) is 11.2. The highest BCUT2D eigenvalue weighted by Crippen LogP contribution is 2.00. The van der Waals surface area contributed by atoms with E-state index in [9.17, 15) is 13.2 Å². The highest BCUT2D eigenvalue weighted by Gasteiger charge is 2.22. The predicted molar refractivity (Wildman–Crippen MR) is 75.2 cm³/mol. The highest BCUT2D eigenvalue weighted by molar-refractivity contribution is 7.89. The first-order valence-electron chi connectivity index (χ1n) is 5.81. The summed E-state index contributed by atoms with van der Waals surface area (Å²) in [6, 6.07) is 0. The summed E-state index contributed by atoms with van der Waals surface area (Å²) in [7, 11) is -3.49. The molecule has 1 unspecified atom stereocenters. The van der Waals surface area contributed by atoms with Crippen molar-refractivity contribution < 1.29 is 13.2 Å². The summed E-state index contributed by atoms with van der Waals surface area (Å²) in [6.45, 7) is 7.01. The molecule has 0 aromatic carbocycles. The van der Waals surface area contributed by atoms with Gasteiger partial charge in [0.15, 0.2) is 0 Å². The van der Waals surface area contributed by atoms with E-state index in [4.69, 9.17) is 5.73 Å². The van der Waals surface area contributed by atoms with Crippen LogP contribution in [0.2, 0.25) is 0 Å². The Morgan fingerprint density at radius 2 is 1.83 bits per heavy atom. The molecule has 6 nitrogen and oxygen atoms in total. The Kier molecular flexibility index (Phi) is 10.6. The number of carbonyl (C=O) groups is 1. The third kappa shape index (κ3) is 7.15. The van der Waals surface area contributed by atoms with Crippen molar-refractivity contribution in [2.45, 2.75) is 20.8 Å². The van der Waals surface area contributed by atoms with Crippen LogP contribution in [0.25, 0.3) is 0 Å².